The van der Waals surface area contributed by atoms with Crippen LogP contribution in [0.5, 0.6) is 0 Å². The van der Waals surface area contributed by atoms with Gasteiger partial charge in [-0.05, 0) is 19.8 Å². The first-order chi connectivity index (χ1) is 7.58. The Morgan fingerprint density at radius 2 is 1.88 bits per heavy atom. The van der Waals surface area contributed by atoms with Crippen LogP contribution in [0.4, 0.5) is 0 Å². The lowest BCUT2D eigenvalue weighted by atomic mass is 9.67. The molecule has 3 heteroatoms. The largest absolute Gasteiger partial charge is 0.388 e. The van der Waals surface area contributed by atoms with Gasteiger partial charge in [0, 0.05) is 20.1 Å². The van der Waals surface area contributed by atoms with Crippen LogP contribution in [-0.2, 0) is 4.74 Å². The van der Waals surface area contributed by atoms with Crippen molar-refractivity contribution in [2.75, 3.05) is 13.7 Å². The second-order valence-corrected chi connectivity index (χ2v) is 5.12. The molecule has 1 rings (SSSR count). The topological polar surface area (TPSA) is 53.2 Å². The van der Waals surface area contributed by atoms with Crippen molar-refractivity contribution in [3.05, 3.63) is 0 Å². The first-order valence-electron chi connectivity index (χ1n) is 6.20. The molecule has 0 aromatic carbocycles. The summed E-state index contributed by atoms with van der Waals surface area (Å²) < 4.78 is 5.02. The minimum atomic E-state index is -0.928. The summed E-state index contributed by atoms with van der Waals surface area (Å²) in [5, 5.41) is 20.0. The molecule has 0 bridgehead atoms. The van der Waals surface area contributed by atoms with Crippen molar-refractivity contribution in [3.63, 3.8) is 0 Å². The van der Waals surface area contributed by atoms with E-state index in [1.165, 1.54) is 12.8 Å². The van der Waals surface area contributed by atoms with Gasteiger partial charge in [0.2, 0.25) is 0 Å². The van der Waals surface area contributed by atoms with E-state index in [0.29, 0.717) is 13.0 Å². The van der Waals surface area contributed by atoms with Crippen molar-refractivity contribution in [2.45, 2.75) is 57.5 Å². The van der Waals surface area contributed by atoms with Gasteiger partial charge >= 0.3 is 0 Å². The lowest BCUT2D eigenvalue weighted by Crippen LogP contribution is -2.45. The Hall–Kier alpha value is -0.590. The van der Waals surface area contributed by atoms with Crippen LogP contribution in [0.15, 0.2) is 0 Å². The first-order valence-corrected chi connectivity index (χ1v) is 6.20. The number of hydrogen-bond acceptors (Lipinski definition) is 3. The summed E-state index contributed by atoms with van der Waals surface area (Å²) in [4.78, 5) is 0. The Labute approximate surface area is 98.4 Å². The highest BCUT2D eigenvalue weighted by molar-refractivity contribution is 5.10. The fraction of sp³-hybridized carbons (Fsp3) is 0.923. The number of nitriles is 1. The molecule has 0 aromatic rings. The number of rotatable bonds is 4. The SMILES string of the molecule is COCCC(C)(O)C1(C#N)CCCCCC1. The van der Waals surface area contributed by atoms with E-state index in [1.54, 1.807) is 14.0 Å². The number of hydrogen-bond donors (Lipinski definition) is 1. The van der Waals surface area contributed by atoms with Gasteiger partial charge in [0.05, 0.1) is 17.1 Å². The number of methoxy groups -OCH3 is 1. The van der Waals surface area contributed by atoms with E-state index in [1.807, 2.05) is 0 Å². The van der Waals surface area contributed by atoms with Gasteiger partial charge in [-0.1, -0.05) is 25.7 Å². The van der Waals surface area contributed by atoms with E-state index in [-0.39, 0.29) is 0 Å². The lowest BCUT2D eigenvalue weighted by Gasteiger charge is -2.39. The van der Waals surface area contributed by atoms with Crippen LogP contribution in [0.25, 0.3) is 0 Å². The van der Waals surface area contributed by atoms with Crippen LogP contribution in [-0.4, -0.2) is 24.4 Å². The Bertz CT molecular complexity index is 247. The molecule has 0 spiro atoms. The van der Waals surface area contributed by atoms with Crippen molar-refractivity contribution in [3.8, 4) is 6.07 Å². The summed E-state index contributed by atoms with van der Waals surface area (Å²) in [7, 11) is 1.63. The van der Waals surface area contributed by atoms with Gasteiger partial charge in [-0.25, -0.2) is 0 Å². The van der Waals surface area contributed by atoms with E-state index in [2.05, 4.69) is 6.07 Å². The van der Waals surface area contributed by atoms with Crippen LogP contribution in [0.1, 0.15) is 51.9 Å². The molecule has 1 aliphatic carbocycles. The zero-order valence-electron chi connectivity index (χ0n) is 10.5. The molecule has 3 nitrogen and oxygen atoms in total. The van der Waals surface area contributed by atoms with Gasteiger partial charge in [-0.15, -0.1) is 0 Å². The quantitative estimate of drug-likeness (QED) is 0.748. The lowest BCUT2D eigenvalue weighted by molar-refractivity contribution is -0.0662. The van der Waals surface area contributed by atoms with Crippen LogP contribution < -0.4 is 0 Å². The summed E-state index contributed by atoms with van der Waals surface area (Å²) in [6.07, 6.45) is 6.65. The molecule has 1 aliphatic rings. The number of ether oxygens (including phenoxy) is 1. The molecule has 0 aliphatic heterocycles. The molecule has 1 atom stereocenters. The van der Waals surface area contributed by atoms with Crippen molar-refractivity contribution < 1.29 is 9.84 Å². The molecule has 1 unspecified atom stereocenters. The maximum atomic E-state index is 10.5. The minimum absolute atomic E-state index is 0.510. The van der Waals surface area contributed by atoms with Gasteiger partial charge in [0.25, 0.3) is 0 Å². The van der Waals surface area contributed by atoms with Crippen molar-refractivity contribution in [1.29, 1.82) is 5.26 Å². The second-order valence-electron chi connectivity index (χ2n) is 5.12. The molecule has 16 heavy (non-hydrogen) atoms. The maximum absolute atomic E-state index is 10.5. The normalized spacial score (nSPS) is 24.1. The molecular weight excluding hydrogens is 202 g/mol. The van der Waals surface area contributed by atoms with Crippen LogP contribution in [0, 0.1) is 16.7 Å². The summed E-state index contributed by atoms with van der Waals surface area (Å²) >= 11 is 0. The van der Waals surface area contributed by atoms with E-state index >= 15 is 0 Å². The monoisotopic (exact) mass is 225 g/mol. The highest BCUT2D eigenvalue weighted by atomic mass is 16.5. The van der Waals surface area contributed by atoms with E-state index in [9.17, 15) is 10.4 Å². The molecule has 92 valence electrons. The molecule has 1 fully saturated rings. The van der Waals surface area contributed by atoms with Gasteiger partial charge in [-0.2, -0.15) is 5.26 Å². The van der Waals surface area contributed by atoms with Crippen LogP contribution in [0.2, 0.25) is 0 Å². The van der Waals surface area contributed by atoms with E-state index in [0.717, 1.165) is 25.7 Å². The van der Waals surface area contributed by atoms with Crippen LogP contribution >= 0.6 is 0 Å². The molecule has 1 N–H and O–H groups in total. The molecule has 1 saturated carbocycles. The van der Waals surface area contributed by atoms with Crippen LogP contribution in [0.3, 0.4) is 0 Å². The van der Waals surface area contributed by atoms with Crippen molar-refractivity contribution in [2.24, 2.45) is 5.41 Å². The Balaban J connectivity index is 2.80. The number of aliphatic hydroxyl groups is 1. The molecule has 0 heterocycles. The minimum Gasteiger partial charge on any atom is -0.388 e. The molecule has 0 saturated heterocycles. The fourth-order valence-corrected chi connectivity index (χ4v) is 2.64. The van der Waals surface area contributed by atoms with Gasteiger partial charge in [0.15, 0.2) is 0 Å². The van der Waals surface area contributed by atoms with Crippen molar-refractivity contribution >= 4 is 0 Å². The number of nitrogens with zero attached hydrogens (tertiary/aromatic N) is 1. The molecule has 0 radical (unpaired) electrons. The summed E-state index contributed by atoms with van der Waals surface area (Å²) in [6.45, 7) is 2.30. The third-order valence-electron chi connectivity index (χ3n) is 4.00. The standard InChI is InChI=1S/C13H23NO2/c1-12(15,9-10-16-2)13(11-14)7-5-3-4-6-8-13/h15H,3-10H2,1-2H3. The molecule has 0 amide bonds. The van der Waals surface area contributed by atoms with Crippen molar-refractivity contribution in [1.82, 2.24) is 0 Å². The second kappa shape index (κ2) is 5.65. The zero-order valence-corrected chi connectivity index (χ0v) is 10.5. The highest BCUT2D eigenvalue weighted by Crippen LogP contribution is 2.44. The fourth-order valence-electron chi connectivity index (χ4n) is 2.64. The van der Waals surface area contributed by atoms with Gasteiger partial charge < -0.3 is 9.84 Å². The van der Waals surface area contributed by atoms with Gasteiger partial charge in [0.1, 0.15) is 0 Å². The Morgan fingerprint density at radius 1 is 1.31 bits per heavy atom. The molecular formula is C13H23NO2. The third-order valence-corrected chi connectivity index (χ3v) is 4.00. The first kappa shape index (κ1) is 13.5. The summed E-state index contributed by atoms with van der Waals surface area (Å²) in [5.74, 6) is 0. The van der Waals surface area contributed by atoms with E-state index < -0.39 is 11.0 Å². The smallest absolute Gasteiger partial charge is 0.0858 e. The summed E-state index contributed by atoms with van der Waals surface area (Å²) in [5.41, 5.74) is -1.50. The Morgan fingerprint density at radius 3 is 2.31 bits per heavy atom. The Kier molecular flexibility index (Phi) is 4.76. The average Bonchev–Trinajstić information content (AvgIpc) is 2.52. The predicted octanol–water partition coefficient (Wildman–Crippen LogP) is 2.64. The van der Waals surface area contributed by atoms with E-state index in [4.69, 9.17) is 4.74 Å². The molecule has 0 aromatic heterocycles. The predicted molar refractivity (Wildman–Crippen MR) is 62.9 cm³/mol. The zero-order chi connectivity index (χ0) is 12.1. The highest BCUT2D eigenvalue weighted by Gasteiger charge is 2.46. The average molecular weight is 225 g/mol. The van der Waals surface area contributed by atoms with Gasteiger partial charge in [-0.3, -0.25) is 0 Å². The summed E-state index contributed by atoms with van der Waals surface area (Å²) in [6, 6.07) is 2.40. The third kappa shape index (κ3) is 2.75. The maximum Gasteiger partial charge on any atom is 0.0858 e.